The molecule has 2 aromatic rings. The lowest BCUT2D eigenvalue weighted by atomic mass is 10.0. The van der Waals surface area contributed by atoms with E-state index >= 15 is 0 Å². The van der Waals surface area contributed by atoms with E-state index in [0.717, 1.165) is 18.2 Å². The maximum absolute atomic E-state index is 13.7. The quantitative estimate of drug-likeness (QED) is 0.817. The number of hydrogen-bond donors (Lipinski definition) is 1. The highest BCUT2D eigenvalue weighted by Gasteiger charge is 2.42. The molecule has 2 N–H and O–H groups in total. The number of fused-ring (bicyclic) bond motifs is 1. The van der Waals surface area contributed by atoms with Crippen LogP contribution in [0.25, 0.3) is 0 Å². The van der Waals surface area contributed by atoms with Gasteiger partial charge in [-0.15, -0.1) is 0 Å². The van der Waals surface area contributed by atoms with Crippen molar-refractivity contribution < 1.29 is 31.3 Å². The van der Waals surface area contributed by atoms with E-state index in [0.29, 0.717) is 0 Å². The molecule has 0 saturated carbocycles. The Labute approximate surface area is 150 Å². The van der Waals surface area contributed by atoms with Crippen LogP contribution >= 0.6 is 0 Å². The van der Waals surface area contributed by atoms with E-state index in [9.17, 15) is 26.7 Å². The van der Waals surface area contributed by atoms with E-state index in [1.165, 1.54) is 4.90 Å². The number of amides is 1. The minimum atomic E-state index is -4.70. The molecule has 1 amide bonds. The van der Waals surface area contributed by atoms with Crippen molar-refractivity contribution in [2.75, 3.05) is 6.54 Å². The topological polar surface area (TPSA) is 72.4 Å². The van der Waals surface area contributed by atoms with Gasteiger partial charge >= 0.3 is 6.18 Å². The van der Waals surface area contributed by atoms with E-state index < -0.39 is 35.5 Å². The van der Waals surface area contributed by atoms with Crippen molar-refractivity contribution in [2.24, 2.45) is 5.73 Å². The summed E-state index contributed by atoms with van der Waals surface area (Å²) in [6, 6.07) is 2.13. The second kappa shape index (κ2) is 7.26. The zero-order valence-corrected chi connectivity index (χ0v) is 14.0. The normalized spacial score (nSPS) is 15.6. The number of carbonyl (C=O) groups is 1. The van der Waals surface area contributed by atoms with E-state index in [-0.39, 0.29) is 49.2 Å². The molecule has 5 nitrogen and oxygen atoms in total. The number of carbonyl (C=O) groups excluding carboxylic acids is 1. The van der Waals surface area contributed by atoms with Gasteiger partial charge in [0.05, 0.1) is 12.2 Å². The monoisotopic (exact) mass is 389 g/mol. The van der Waals surface area contributed by atoms with Crippen LogP contribution in [0.5, 0.6) is 0 Å². The second-order valence-electron chi connectivity index (χ2n) is 6.40. The summed E-state index contributed by atoms with van der Waals surface area (Å²) in [5, 5.41) is 3.42. The van der Waals surface area contributed by atoms with Gasteiger partial charge in [-0.1, -0.05) is 5.16 Å². The lowest BCUT2D eigenvalue weighted by Crippen LogP contribution is -2.40. The molecule has 1 aromatic carbocycles. The molecular formula is C17H16F5N3O2. The standard InChI is InChI=1S/C17H16F5N3O2/c18-10-1-2-13(19)9(5-10)6-11(23)7-15(26)25-4-3-14-12(8-25)16(27-24-14)17(20,21)22/h1-2,5,11H,3-4,6-8,23H2/t11-/m1/s1. The SMILES string of the molecule is N[C@@H](CC(=O)N1CCc2noc(C(F)(F)F)c2C1)Cc1cc(F)ccc1F. The van der Waals surface area contributed by atoms with Gasteiger partial charge in [-0.3, -0.25) is 4.79 Å². The van der Waals surface area contributed by atoms with E-state index in [2.05, 4.69) is 9.68 Å². The molecule has 0 radical (unpaired) electrons. The molecule has 0 unspecified atom stereocenters. The molecule has 10 heteroatoms. The third-order valence-electron chi connectivity index (χ3n) is 4.37. The van der Waals surface area contributed by atoms with Crippen molar-refractivity contribution >= 4 is 5.91 Å². The van der Waals surface area contributed by atoms with Crippen LogP contribution in [0.2, 0.25) is 0 Å². The summed E-state index contributed by atoms with van der Waals surface area (Å²) in [6.45, 7) is -0.107. The van der Waals surface area contributed by atoms with Crippen molar-refractivity contribution in [2.45, 2.75) is 38.0 Å². The van der Waals surface area contributed by atoms with Gasteiger partial charge in [-0.05, 0) is 30.2 Å². The zero-order chi connectivity index (χ0) is 19.8. The lowest BCUT2D eigenvalue weighted by molar-refractivity contribution is -0.156. The fraction of sp³-hybridized carbons (Fsp3) is 0.412. The number of alkyl halides is 3. The molecule has 1 aromatic heterocycles. The van der Waals surface area contributed by atoms with Crippen molar-refractivity contribution in [1.82, 2.24) is 10.1 Å². The molecular weight excluding hydrogens is 373 g/mol. The van der Waals surface area contributed by atoms with Crippen molar-refractivity contribution in [3.05, 3.63) is 52.4 Å². The molecule has 27 heavy (non-hydrogen) atoms. The Morgan fingerprint density at radius 3 is 2.78 bits per heavy atom. The van der Waals surface area contributed by atoms with Crippen LogP contribution in [0.3, 0.4) is 0 Å². The number of hydrogen-bond acceptors (Lipinski definition) is 4. The van der Waals surface area contributed by atoms with Crippen LogP contribution in [0.4, 0.5) is 22.0 Å². The number of aromatic nitrogens is 1. The molecule has 0 saturated heterocycles. The summed E-state index contributed by atoms with van der Waals surface area (Å²) in [7, 11) is 0. The Kier molecular flexibility index (Phi) is 5.18. The Hall–Kier alpha value is -2.49. The summed E-state index contributed by atoms with van der Waals surface area (Å²) in [4.78, 5) is 13.6. The number of halogens is 5. The van der Waals surface area contributed by atoms with Gasteiger partial charge in [0.1, 0.15) is 11.6 Å². The fourth-order valence-corrected chi connectivity index (χ4v) is 3.06. The highest BCUT2D eigenvalue weighted by molar-refractivity contribution is 5.77. The maximum Gasteiger partial charge on any atom is 0.452 e. The molecule has 146 valence electrons. The van der Waals surface area contributed by atoms with Crippen molar-refractivity contribution in [1.29, 1.82) is 0 Å². The first-order chi connectivity index (χ1) is 12.6. The Balaban J connectivity index is 1.65. The van der Waals surface area contributed by atoms with Crippen LogP contribution in [-0.2, 0) is 30.4 Å². The Morgan fingerprint density at radius 1 is 1.33 bits per heavy atom. The zero-order valence-electron chi connectivity index (χ0n) is 14.0. The smallest absolute Gasteiger partial charge is 0.351 e. The average molecular weight is 389 g/mol. The highest BCUT2D eigenvalue weighted by Crippen LogP contribution is 2.35. The van der Waals surface area contributed by atoms with E-state index in [1.807, 2.05) is 0 Å². The van der Waals surface area contributed by atoms with Gasteiger partial charge in [0.25, 0.3) is 0 Å². The predicted octanol–water partition coefficient (Wildman–Crippen LogP) is 2.82. The van der Waals surface area contributed by atoms with Gasteiger partial charge in [-0.2, -0.15) is 13.2 Å². The van der Waals surface area contributed by atoms with Crippen LogP contribution in [0.15, 0.2) is 22.7 Å². The molecule has 1 aliphatic heterocycles. The molecule has 0 fully saturated rings. The van der Waals surface area contributed by atoms with Crippen molar-refractivity contribution in [3.8, 4) is 0 Å². The van der Waals surface area contributed by atoms with Gasteiger partial charge < -0.3 is 15.2 Å². The summed E-state index contributed by atoms with van der Waals surface area (Å²) < 4.78 is 70.1. The Morgan fingerprint density at radius 2 is 2.07 bits per heavy atom. The van der Waals surface area contributed by atoms with E-state index in [4.69, 9.17) is 5.73 Å². The van der Waals surface area contributed by atoms with Gasteiger partial charge in [0, 0.05) is 31.0 Å². The lowest BCUT2D eigenvalue weighted by Gasteiger charge is -2.27. The van der Waals surface area contributed by atoms with Crippen LogP contribution in [0.1, 0.15) is 29.0 Å². The van der Waals surface area contributed by atoms with E-state index in [1.54, 1.807) is 0 Å². The van der Waals surface area contributed by atoms with Gasteiger partial charge in [0.2, 0.25) is 11.7 Å². The fourth-order valence-electron chi connectivity index (χ4n) is 3.06. The van der Waals surface area contributed by atoms with Gasteiger partial charge in [0.15, 0.2) is 0 Å². The molecule has 2 heterocycles. The first kappa shape index (κ1) is 19.3. The van der Waals surface area contributed by atoms with Crippen LogP contribution < -0.4 is 5.73 Å². The predicted molar refractivity (Wildman–Crippen MR) is 83.3 cm³/mol. The highest BCUT2D eigenvalue weighted by atomic mass is 19.4. The molecule has 0 spiro atoms. The summed E-state index contributed by atoms with van der Waals surface area (Å²) in [6.07, 6.45) is -4.85. The number of rotatable bonds is 4. The average Bonchev–Trinajstić information content (AvgIpc) is 3.01. The summed E-state index contributed by atoms with van der Waals surface area (Å²) >= 11 is 0. The summed E-state index contributed by atoms with van der Waals surface area (Å²) in [5.74, 6) is -2.94. The number of nitrogens with two attached hydrogens (primary N) is 1. The van der Waals surface area contributed by atoms with Crippen molar-refractivity contribution in [3.63, 3.8) is 0 Å². The first-order valence-corrected chi connectivity index (χ1v) is 8.17. The minimum Gasteiger partial charge on any atom is -0.351 e. The van der Waals surface area contributed by atoms with Crippen LogP contribution in [-0.4, -0.2) is 28.6 Å². The van der Waals surface area contributed by atoms with Gasteiger partial charge in [-0.25, -0.2) is 8.78 Å². The Bertz CT molecular complexity index is 850. The minimum absolute atomic E-state index is 0.0367. The van der Waals surface area contributed by atoms with Crippen LogP contribution in [0, 0.1) is 11.6 Å². The molecule has 0 aliphatic carbocycles. The summed E-state index contributed by atoms with van der Waals surface area (Å²) in [5.41, 5.74) is 5.91. The third kappa shape index (κ3) is 4.26. The second-order valence-corrected chi connectivity index (χ2v) is 6.40. The molecule has 1 atom stereocenters. The molecule has 0 bridgehead atoms. The molecule has 3 rings (SSSR count). The number of nitrogens with zero attached hydrogens (tertiary/aromatic N) is 2. The first-order valence-electron chi connectivity index (χ1n) is 8.17. The largest absolute Gasteiger partial charge is 0.452 e. The third-order valence-corrected chi connectivity index (χ3v) is 4.37. The molecule has 1 aliphatic rings. The maximum atomic E-state index is 13.7. The number of benzene rings is 1.